The lowest BCUT2D eigenvalue weighted by molar-refractivity contribution is -0.153. The number of carbonyl (C=O) groups excluding carboxylic acids is 3. The maximum atomic E-state index is 12.3. The number of sulfonamides is 1. The highest BCUT2D eigenvalue weighted by atomic mass is 32.2. The number of primary sulfonamides is 1. The molecule has 8 nitrogen and oxygen atoms in total. The lowest BCUT2D eigenvalue weighted by Gasteiger charge is -2.15. The first-order chi connectivity index (χ1) is 13.6. The number of hydrogen-bond acceptors (Lipinski definition) is 6. The van der Waals surface area contributed by atoms with Gasteiger partial charge in [-0.3, -0.25) is 14.4 Å². The summed E-state index contributed by atoms with van der Waals surface area (Å²) in [4.78, 5) is 35.9. The van der Waals surface area contributed by atoms with Crippen LogP contribution in [-0.4, -0.2) is 32.2 Å². The smallest absolute Gasteiger partial charge is 0.306 e. The van der Waals surface area contributed by atoms with Crippen molar-refractivity contribution >= 4 is 33.4 Å². The van der Waals surface area contributed by atoms with Gasteiger partial charge in [-0.1, -0.05) is 24.3 Å². The average Bonchev–Trinajstić information content (AvgIpc) is 2.66. The maximum Gasteiger partial charge on any atom is 0.306 e. The minimum atomic E-state index is -3.77. The summed E-state index contributed by atoms with van der Waals surface area (Å²) in [6.07, 6.45) is -0.728. The van der Waals surface area contributed by atoms with Crippen molar-refractivity contribution in [3.63, 3.8) is 0 Å². The number of ether oxygens (including phenoxy) is 1. The van der Waals surface area contributed by atoms with Crippen molar-refractivity contribution in [2.24, 2.45) is 5.14 Å². The Kier molecular flexibility index (Phi) is 7.24. The highest BCUT2D eigenvalue weighted by molar-refractivity contribution is 7.89. The normalized spacial score (nSPS) is 12.1. The largest absolute Gasteiger partial charge is 0.453 e. The lowest BCUT2D eigenvalue weighted by atomic mass is 10.1. The lowest BCUT2D eigenvalue weighted by Crippen LogP contribution is -2.30. The van der Waals surface area contributed by atoms with E-state index >= 15 is 0 Å². The fraction of sp³-hybridized carbons (Fsp3) is 0.250. The predicted molar refractivity (Wildman–Crippen MR) is 107 cm³/mol. The zero-order chi connectivity index (χ0) is 21.6. The average molecular weight is 418 g/mol. The predicted octanol–water partition coefficient (Wildman–Crippen LogP) is 2.04. The molecule has 29 heavy (non-hydrogen) atoms. The number of nitrogens with one attached hydrogen (secondary N) is 1. The van der Waals surface area contributed by atoms with E-state index in [4.69, 9.17) is 9.88 Å². The zero-order valence-corrected chi connectivity index (χ0v) is 16.9. The molecule has 0 aliphatic rings. The summed E-state index contributed by atoms with van der Waals surface area (Å²) in [5, 5.41) is 7.62. The number of carbonyl (C=O) groups is 3. The summed E-state index contributed by atoms with van der Waals surface area (Å²) < 4.78 is 27.6. The van der Waals surface area contributed by atoms with Crippen molar-refractivity contribution in [2.75, 3.05) is 5.32 Å². The van der Waals surface area contributed by atoms with Crippen molar-refractivity contribution in [3.8, 4) is 0 Å². The van der Waals surface area contributed by atoms with Crippen LogP contribution in [0.5, 0.6) is 0 Å². The first-order valence-electron chi connectivity index (χ1n) is 8.80. The summed E-state index contributed by atoms with van der Waals surface area (Å²) in [7, 11) is -3.77. The summed E-state index contributed by atoms with van der Waals surface area (Å²) in [5.74, 6) is -1.33. The van der Waals surface area contributed by atoms with Crippen molar-refractivity contribution in [1.29, 1.82) is 0 Å². The molecule has 0 saturated heterocycles. The molecule has 0 radical (unpaired) electrons. The third-order valence-corrected chi connectivity index (χ3v) is 5.04. The van der Waals surface area contributed by atoms with Crippen LogP contribution in [0.25, 0.3) is 0 Å². The Morgan fingerprint density at radius 1 is 1.07 bits per heavy atom. The van der Waals surface area contributed by atoms with Gasteiger partial charge in [-0.15, -0.1) is 0 Å². The van der Waals surface area contributed by atoms with Crippen LogP contribution in [-0.2, 0) is 30.8 Å². The topological polar surface area (TPSA) is 133 Å². The van der Waals surface area contributed by atoms with Crippen LogP contribution in [0.4, 0.5) is 5.69 Å². The number of benzene rings is 2. The molecule has 0 aliphatic carbocycles. The highest BCUT2D eigenvalue weighted by Crippen LogP contribution is 2.16. The third kappa shape index (κ3) is 6.51. The van der Waals surface area contributed by atoms with Crippen LogP contribution in [0.1, 0.15) is 36.2 Å². The molecule has 0 heterocycles. The van der Waals surface area contributed by atoms with Gasteiger partial charge in [0.05, 0.1) is 10.6 Å². The van der Waals surface area contributed by atoms with Gasteiger partial charge < -0.3 is 10.1 Å². The van der Waals surface area contributed by atoms with Crippen molar-refractivity contribution in [1.82, 2.24) is 0 Å². The highest BCUT2D eigenvalue weighted by Gasteiger charge is 2.19. The molecule has 0 spiro atoms. The fourth-order valence-electron chi connectivity index (χ4n) is 2.54. The Morgan fingerprint density at radius 2 is 1.69 bits per heavy atom. The minimum Gasteiger partial charge on any atom is -0.453 e. The second-order valence-electron chi connectivity index (χ2n) is 6.41. The number of anilines is 1. The quantitative estimate of drug-likeness (QED) is 0.498. The molecule has 3 N–H and O–H groups in total. The van der Waals surface area contributed by atoms with Gasteiger partial charge in [-0.05, 0) is 50.1 Å². The Morgan fingerprint density at radius 3 is 2.28 bits per heavy atom. The van der Waals surface area contributed by atoms with Crippen LogP contribution >= 0.6 is 0 Å². The van der Waals surface area contributed by atoms with E-state index in [1.807, 2.05) is 0 Å². The molecule has 0 aliphatic heterocycles. The SMILES string of the molecule is CC(=O)c1ccccc1NC(=O)C(C)OC(=O)CCc1ccc(S(N)(=O)=O)cc1. The molecule has 9 heteroatoms. The van der Waals surface area contributed by atoms with E-state index in [-0.39, 0.29) is 17.1 Å². The first kappa shape index (κ1) is 22.3. The first-order valence-corrected chi connectivity index (χ1v) is 10.3. The molecule has 2 aromatic carbocycles. The van der Waals surface area contributed by atoms with Crippen molar-refractivity contribution < 1.29 is 27.5 Å². The van der Waals surface area contributed by atoms with Gasteiger partial charge in [0.2, 0.25) is 10.0 Å². The number of hydrogen-bond donors (Lipinski definition) is 2. The summed E-state index contributed by atoms with van der Waals surface area (Å²) in [6.45, 7) is 2.83. The Balaban J connectivity index is 1.88. The molecule has 0 bridgehead atoms. The van der Waals surface area contributed by atoms with Gasteiger partial charge in [-0.2, -0.15) is 0 Å². The second kappa shape index (κ2) is 9.44. The molecular weight excluding hydrogens is 396 g/mol. The van der Waals surface area contributed by atoms with E-state index in [0.29, 0.717) is 17.7 Å². The Labute approximate surface area is 169 Å². The van der Waals surface area contributed by atoms with Gasteiger partial charge >= 0.3 is 5.97 Å². The molecule has 0 aromatic heterocycles. The number of amides is 1. The standard InChI is InChI=1S/C20H22N2O6S/c1-13(23)17-5-3-4-6-18(17)22-20(25)14(2)28-19(24)12-9-15-7-10-16(11-8-15)29(21,26)27/h3-8,10-11,14H,9,12H2,1-2H3,(H,22,25)(H2,21,26,27). The molecule has 0 saturated carbocycles. The summed E-state index contributed by atoms with van der Waals surface area (Å²) >= 11 is 0. The van der Waals surface area contributed by atoms with Crippen LogP contribution in [0.2, 0.25) is 0 Å². The number of aryl methyl sites for hydroxylation is 1. The van der Waals surface area contributed by atoms with E-state index in [1.54, 1.807) is 36.4 Å². The van der Waals surface area contributed by atoms with Gasteiger partial charge in [0.1, 0.15) is 0 Å². The van der Waals surface area contributed by atoms with E-state index in [9.17, 15) is 22.8 Å². The van der Waals surface area contributed by atoms with E-state index < -0.39 is 28.0 Å². The third-order valence-electron chi connectivity index (χ3n) is 4.11. The zero-order valence-electron chi connectivity index (χ0n) is 16.0. The van der Waals surface area contributed by atoms with Crippen LogP contribution < -0.4 is 10.5 Å². The molecule has 0 fully saturated rings. The number of Topliss-reactive ketones (excluding diaryl/α,β-unsaturated/α-hetero) is 1. The molecular formula is C20H22N2O6S. The number of ketones is 1. The van der Waals surface area contributed by atoms with Crippen molar-refractivity contribution in [3.05, 3.63) is 59.7 Å². The molecule has 1 atom stereocenters. The molecule has 1 amide bonds. The number of rotatable bonds is 8. The van der Waals surface area contributed by atoms with E-state index in [1.165, 1.54) is 26.0 Å². The van der Waals surface area contributed by atoms with E-state index in [0.717, 1.165) is 5.56 Å². The molecule has 154 valence electrons. The minimum absolute atomic E-state index is 0.0103. The van der Waals surface area contributed by atoms with Gasteiger partial charge in [0.25, 0.3) is 5.91 Å². The monoisotopic (exact) mass is 418 g/mol. The maximum absolute atomic E-state index is 12.3. The van der Waals surface area contributed by atoms with Gasteiger partial charge in [0, 0.05) is 12.0 Å². The number of esters is 1. The van der Waals surface area contributed by atoms with Gasteiger partial charge in [0.15, 0.2) is 11.9 Å². The summed E-state index contributed by atoms with van der Waals surface area (Å²) in [6, 6.07) is 12.4. The summed E-state index contributed by atoms with van der Waals surface area (Å²) in [5.41, 5.74) is 1.44. The Hall–Kier alpha value is -3.04. The number of para-hydroxylation sites is 1. The molecule has 2 aromatic rings. The fourth-order valence-corrected chi connectivity index (χ4v) is 3.05. The second-order valence-corrected chi connectivity index (χ2v) is 7.97. The molecule has 1 unspecified atom stereocenters. The van der Waals surface area contributed by atoms with Crippen LogP contribution in [0.3, 0.4) is 0 Å². The van der Waals surface area contributed by atoms with E-state index in [2.05, 4.69) is 5.32 Å². The Bertz CT molecular complexity index is 1020. The van der Waals surface area contributed by atoms with Crippen LogP contribution in [0, 0.1) is 0 Å². The van der Waals surface area contributed by atoms with Gasteiger partial charge in [-0.25, -0.2) is 13.6 Å². The number of nitrogens with two attached hydrogens (primary N) is 1. The van der Waals surface area contributed by atoms with Crippen LogP contribution in [0.15, 0.2) is 53.4 Å². The van der Waals surface area contributed by atoms with Crippen molar-refractivity contribution in [2.45, 2.75) is 37.7 Å². The molecule has 2 rings (SSSR count).